The third kappa shape index (κ3) is 5.13. The number of aliphatic hydroxyl groups is 1. The van der Waals surface area contributed by atoms with Gasteiger partial charge in [0.25, 0.3) is 0 Å². The number of nitrogens with zero attached hydrogens (tertiary/aromatic N) is 3. The minimum Gasteiger partial charge on any atom is -0.463 e. The first-order valence-corrected chi connectivity index (χ1v) is 6.14. The van der Waals surface area contributed by atoms with Crippen LogP contribution in [-0.4, -0.2) is 46.4 Å². The van der Waals surface area contributed by atoms with Gasteiger partial charge in [-0.15, -0.1) is 0 Å². The van der Waals surface area contributed by atoms with Gasteiger partial charge in [-0.3, -0.25) is 0 Å². The molecule has 0 amide bonds. The fourth-order valence-corrected chi connectivity index (χ4v) is 1.20. The lowest BCUT2D eigenvalue weighted by Crippen LogP contribution is -2.13. The highest BCUT2D eigenvalue weighted by molar-refractivity contribution is 5.35. The molecule has 0 saturated heterocycles. The third-order valence-electron chi connectivity index (χ3n) is 2.12. The highest BCUT2D eigenvalue weighted by atomic mass is 16.5. The number of hydrogen-bond acceptors (Lipinski definition) is 7. The number of rotatable bonds is 8. The van der Waals surface area contributed by atoms with Gasteiger partial charge >= 0.3 is 6.01 Å². The summed E-state index contributed by atoms with van der Waals surface area (Å²) in [4.78, 5) is 12.4. The van der Waals surface area contributed by atoms with Crippen LogP contribution in [0.3, 0.4) is 0 Å². The molecule has 0 spiro atoms. The molecule has 0 aliphatic carbocycles. The first-order chi connectivity index (χ1) is 8.65. The summed E-state index contributed by atoms with van der Waals surface area (Å²) in [7, 11) is 1.73. The van der Waals surface area contributed by atoms with E-state index in [1.165, 1.54) is 0 Å². The topological polar surface area (TPSA) is 92.2 Å². The van der Waals surface area contributed by atoms with E-state index in [-0.39, 0.29) is 6.10 Å². The normalized spacial score (nSPS) is 12.0. The van der Waals surface area contributed by atoms with Gasteiger partial charge in [0.2, 0.25) is 11.9 Å². The number of aromatic nitrogens is 3. The Bertz CT molecular complexity index is 359. The van der Waals surface area contributed by atoms with Crippen molar-refractivity contribution in [2.45, 2.75) is 32.8 Å². The molecule has 0 radical (unpaired) electrons. The molecule has 102 valence electrons. The van der Waals surface area contributed by atoms with Crippen LogP contribution in [0.15, 0.2) is 0 Å². The van der Waals surface area contributed by atoms with Crippen LogP contribution < -0.4 is 15.4 Å². The van der Waals surface area contributed by atoms with Gasteiger partial charge in [0.15, 0.2) is 0 Å². The Labute approximate surface area is 107 Å². The van der Waals surface area contributed by atoms with Crippen molar-refractivity contribution < 1.29 is 9.84 Å². The first kappa shape index (κ1) is 14.4. The van der Waals surface area contributed by atoms with Crippen LogP contribution in [0.2, 0.25) is 0 Å². The van der Waals surface area contributed by atoms with Crippen LogP contribution in [0.1, 0.15) is 26.7 Å². The lowest BCUT2D eigenvalue weighted by molar-refractivity contribution is 0.188. The molecule has 1 atom stereocenters. The van der Waals surface area contributed by atoms with Crippen LogP contribution in [0.25, 0.3) is 0 Å². The largest absolute Gasteiger partial charge is 0.463 e. The summed E-state index contributed by atoms with van der Waals surface area (Å²) in [5, 5.41) is 15.0. The van der Waals surface area contributed by atoms with Crippen molar-refractivity contribution in [3.05, 3.63) is 0 Å². The maximum atomic E-state index is 9.17. The fraction of sp³-hybridized carbons (Fsp3) is 0.727. The standard InChI is InChI=1S/C11H21N5O2/c1-4-7-18-11-15-9(12-3)14-10(16-11)13-6-5-8(2)17/h8,17H,4-7H2,1-3H3,(H2,12,13,14,15,16). The quantitative estimate of drug-likeness (QED) is 0.635. The molecule has 1 unspecified atom stereocenters. The van der Waals surface area contributed by atoms with Crippen LogP contribution >= 0.6 is 0 Å². The molecule has 7 heteroatoms. The third-order valence-corrected chi connectivity index (χ3v) is 2.12. The minimum absolute atomic E-state index is 0.302. The summed E-state index contributed by atoms with van der Waals surface area (Å²) >= 11 is 0. The number of ether oxygens (including phenoxy) is 1. The smallest absolute Gasteiger partial charge is 0.323 e. The number of aliphatic hydroxyl groups excluding tert-OH is 1. The van der Waals surface area contributed by atoms with Gasteiger partial charge in [0.05, 0.1) is 12.7 Å². The summed E-state index contributed by atoms with van der Waals surface area (Å²) < 4.78 is 5.37. The van der Waals surface area contributed by atoms with Gasteiger partial charge in [0.1, 0.15) is 0 Å². The van der Waals surface area contributed by atoms with Gasteiger partial charge in [0, 0.05) is 13.6 Å². The lowest BCUT2D eigenvalue weighted by Gasteiger charge is -2.09. The van der Waals surface area contributed by atoms with E-state index in [0.717, 1.165) is 6.42 Å². The predicted octanol–water partition coefficient (Wildman–Crippen LogP) is 0.885. The van der Waals surface area contributed by atoms with E-state index < -0.39 is 0 Å². The monoisotopic (exact) mass is 255 g/mol. The SMILES string of the molecule is CCCOc1nc(NC)nc(NCCC(C)O)n1. The van der Waals surface area contributed by atoms with Gasteiger partial charge in [-0.05, 0) is 19.8 Å². The second kappa shape index (κ2) is 7.65. The molecule has 0 aromatic carbocycles. The number of hydrogen-bond donors (Lipinski definition) is 3. The van der Waals surface area contributed by atoms with Crippen molar-refractivity contribution >= 4 is 11.9 Å². The Kier molecular flexibility index (Phi) is 6.13. The molecule has 7 nitrogen and oxygen atoms in total. The van der Waals surface area contributed by atoms with E-state index in [2.05, 4.69) is 25.6 Å². The average molecular weight is 255 g/mol. The zero-order chi connectivity index (χ0) is 13.4. The molecule has 0 fully saturated rings. The molecule has 18 heavy (non-hydrogen) atoms. The molecule has 1 heterocycles. The number of nitrogens with one attached hydrogen (secondary N) is 2. The van der Waals surface area contributed by atoms with Gasteiger partial charge < -0.3 is 20.5 Å². The number of anilines is 2. The van der Waals surface area contributed by atoms with Crippen molar-refractivity contribution in [1.29, 1.82) is 0 Å². The second-order valence-corrected chi connectivity index (χ2v) is 3.93. The molecule has 0 saturated carbocycles. The van der Waals surface area contributed by atoms with Gasteiger partial charge in [-0.2, -0.15) is 15.0 Å². The Morgan fingerprint density at radius 2 is 2.00 bits per heavy atom. The Balaban J connectivity index is 2.64. The summed E-state index contributed by atoms with van der Waals surface area (Å²) in [6, 6.07) is 0.302. The maximum absolute atomic E-state index is 9.17. The summed E-state index contributed by atoms with van der Waals surface area (Å²) in [5.41, 5.74) is 0. The molecule has 0 aliphatic rings. The van der Waals surface area contributed by atoms with Crippen LogP contribution in [0.4, 0.5) is 11.9 Å². The molecule has 3 N–H and O–H groups in total. The lowest BCUT2D eigenvalue weighted by atomic mass is 10.3. The first-order valence-electron chi connectivity index (χ1n) is 6.14. The summed E-state index contributed by atoms with van der Waals surface area (Å²) in [5.74, 6) is 0.900. The van der Waals surface area contributed by atoms with E-state index in [1.54, 1.807) is 14.0 Å². The molecule has 1 aromatic rings. The van der Waals surface area contributed by atoms with E-state index in [9.17, 15) is 5.11 Å². The Hall–Kier alpha value is -1.63. The highest BCUT2D eigenvalue weighted by Crippen LogP contribution is 2.11. The molecule has 1 aromatic heterocycles. The van der Waals surface area contributed by atoms with Crippen LogP contribution in [0.5, 0.6) is 6.01 Å². The zero-order valence-corrected chi connectivity index (χ0v) is 11.1. The van der Waals surface area contributed by atoms with Crippen LogP contribution in [-0.2, 0) is 0 Å². The predicted molar refractivity (Wildman–Crippen MR) is 69.9 cm³/mol. The van der Waals surface area contributed by atoms with Crippen molar-refractivity contribution in [2.24, 2.45) is 0 Å². The molecular formula is C11H21N5O2. The Morgan fingerprint density at radius 3 is 2.61 bits per heavy atom. The average Bonchev–Trinajstić information content (AvgIpc) is 2.35. The molecule has 0 aliphatic heterocycles. The molecule has 0 bridgehead atoms. The van der Waals surface area contributed by atoms with Crippen molar-refractivity contribution in [1.82, 2.24) is 15.0 Å². The van der Waals surface area contributed by atoms with Crippen LogP contribution in [0, 0.1) is 0 Å². The Morgan fingerprint density at radius 1 is 1.28 bits per heavy atom. The van der Waals surface area contributed by atoms with Crippen molar-refractivity contribution in [2.75, 3.05) is 30.8 Å². The van der Waals surface area contributed by atoms with E-state index in [4.69, 9.17) is 4.74 Å². The van der Waals surface area contributed by atoms with Crippen molar-refractivity contribution in [3.63, 3.8) is 0 Å². The van der Waals surface area contributed by atoms with Gasteiger partial charge in [-0.25, -0.2) is 0 Å². The molecular weight excluding hydrogens is 234 g/mol. The fourth-order valence-electron chi connectivity index (χ4n) is 1.20. The van der Waals surface area contributed by atoms with E-state index in [1.807, 2.05) is 6.92 Å². The molecule has 1 rings (SSSR count). The van der Waals surface area contributed by atoms with E-state index in [0.29, 0.717) is 37.5 Å². The zero-order valence-electron chi connectivity index (χ0n) is 11.1. The minimum atomic E-state index is -0.348. The summed E-state index contributed by atoms with van der Waals surface area (Å²) in [6.45, 7) is 4.92. The summed E-state index contributed by atoms with van der Waals surface area (Å²) in [6.07, 6.45) is 1.18. The van der Waals surface area contributed by atoms with Gasteiger partial charge in [-0.1, -0.05) is 6.92 Å². The highest BCUT2D eigenvalue weighted by Gasteiger charge is 2.06. The maximum Gasteiger partial charge on any atom is 0.323 e. The van der Waals surface area contributed by atoms with Crippen molar-refractivity contribution in [3.8, 4) is 6.01 Å². The second-order valence-electron chi connectivity index (χ2n) is 3.93. The van der Waals surface area contributed by atoms with E-state index >= 15 is 0 Å².